The minimum Gasteiger partial charge on any atom is -0.449 e. The largest absolute Gasteiger partial charge is 0.449 e. The fraction of sp³-hybridized carbons (Fsp3) is 0.333. The molecule has 2 N–H and O–H groups in total. The lowest BCUT2D eigenvalue weighted by Gasteiger charge is -2.21. The van der Waals surface area contributed by atoms with Crippen LogP contribution in [0.4, 0.5) is 11.4 Å². The maximum atomic E-state index is 12.6. The molecule has 29 heavy (non-hydrogen) atoms. The van der Waals surface area contributed by atoms with E-state index in [0.29, 0.717) is 5.69 Å². The van der Waals surface area contributed by atoms with Gasteiger partial charge in [-0.05, 0) is 25.0 Å². The summed E-state index contributed by atoms with van der Waals surface area (Å²) in [5.41, 5.74) is 1.10. The molecule has 2 aromatic carbocycles. The zero-order valence-corrected chi connectivity index (χ0v) is 16.7. The molecule has 0 spiro atoms. The number of carbonyl (C=O) groups is 2. The Hall–Kier alpha value is -3.42. The molecule has 0 aliphatic heterocycles. The van der Waals surface area contributed by atoms with Crippen LogP contribution in [0.3, 0.4) is 0 Å². The molecular formula is C21H25N3O5. The first kappa shape index (κ1) is 21.9. The fourth-order valence-corrected chi connectivity index (χ4v) is 2.90. The van der Waals surface area contributed by atoms with Crippen LogP contribution in [-0.4, -0.2) is 30.0 Å². The molecule has 2 rings (SSSR count). The van der Waals surface area contributed by atoms with E-state index in [-0.39, 0.29) is 17.3 Å². The molecule has 154 valence electrons. The van der Waals surface area contributed by atoms with Crippen molar-refractivity contribution in [3.05, 3.63) is 69.8 Å². The fourth-order valence-electron chi connectivity index (χ4n) is 2.90. The van der Waals surface area contributed by atoms with Gasteiger partial charge in [0.25, 0.3) is 11.6 Å². The van der Waals surface area contributed by atoms with E-state index >= 15 is 0 Å². The van der Waals surface area contributed by atoms with Crippen molar-refractivity contribution >= 4 is 23.3 Å². The van der Waals surface area contributed by atoms with Crippen LogP contribution in [0.1, 0.15) is 48.7 Å². The predicted octanol–water partition coefficient (Wildman–Crippen LogP) is 3.84. The van der Waals surface area contributed by atoms with Crippen molar-refractivity contribution in [3.63, 3.8) is 0 Å². The third-order valence-corrected chi connectivity index (χ3v) is 4.45. The second-order valence-corrected chi connectivity index (χ2v) is 6.55. The number of hydrogen-bond acceptors (Lipinski definition) is 6. The van der Waals surface area contributed by atoms with Crippen LogP contribution in [0, 0.1) is 10.1 Å². The highest BCUT2D eigenvalue weighted by molar-refractivity contribution is 5.98. The average molecular weight is 399 g/mol. The van der Waals surface area contributed by atoms with Crippen LogP contribution in [0.5, 0.6) is 0 Å². The Morgan fingerprint density at radius 2 is 1.86 bits per heavy atom. The second kappa shape index (κ2) is 10.2. The van der Waals surface area contributed by atoms with Gasteiger partial charge in [0.15, 0.2) is 6.10 Å². The number of anilines is 1. The van der Waals surface area contributed by atoms with Crippen molar-refractivity contribution in [3.8, 4) is 0 Å². The van der Waals surface area contributed by atoms with Crippen molar-refractivity contribution in [2.24, 2.45) is 0 Å². The van der Waals surface area contributed by atoms with Gasteiger partial charge in [-0.25, -0.2) is 4.79 Å². The highest BCUT2D eigenvalue weighted by Gasteiger charge is 2.24. The summed E-state index contributed by atoms with van der Waals surface area (Å²) < 4.78 is 5.28. The molecule has 0 bridgehead atoms. The molecule has 0 aliphatic rings. The molecule has 0 saturated carbocycles. The van der Waals surface area contributed by atoms with E-state index in [0.717, 1.165) is 24.5 Å². The lowest BCUT2D eigenvalue weighted by atomic mass is 10.0. The smallest absolute Gasteiger partial charge is 0.341 e. The van der Waals surface area contributed by atoms with E-state index < -0.39 is 22.9 Å². The Morgan fingerprint density at radius 1 is 1.17 bits per heavy atom. The van der Waals surface area contributed by atoms with E-state index in [4.69, 9.17) is 4.74 Å². The maximum absolute atomic E-state index is 12.6. The summed E-state index contributed by atoms with van der Waals surface area (Å²) in [6.45, 7) is 3.49. The lowest BCUT2D eigenvalue weighted by Crippen LogP contribution is -2.38. The molecule has 2 atom stereocenters. The van der Waals surface area contributed by atoms with Crippen LogP contribution < -0.4 is 10.6 Å². The van der Waals surface area contributed by atoms with Crippen LogP contribution >= 0.6 is 0 Å². The quantitative estimate of drug-likeness (QED) is 0.377. The van der Waals surface area contributed by atoms with Gasteiger partial charge in [0.05, 0.1) is 16.5 Å². The zero-order chi connectivity index (χ0) is 21.4. The highest BCUT2D eigenvalue weighted by Crippen LogP contribution is 2.23. The van der Waals surface area contributed by atoms with Gasteiger partial charge < -0.3 is 15.4 Å². The molecule has 0 fully saturated rings. The summed E-state index contributed by atoms with van der Waals surface area (Å²) >= 11 is 0. The first-order valence-corrected chi connectivity index (χ1v) is 9.39. The van der Waals surface area contributed by atoms with E-state index in [2.05, 4.69) is 10.6 Å². The SMILES string of the molecule is CCCC(NC(=O)C(C)OC(=O)c1cc([N+](=O)[O-])ccc1NC)c1ccccc1. The number of non-ortho nitro benzene ring substituents is 1. The number of rotatable bonds is 9. The first-order chi connectivity index (χ1) is 13.9. The molecule has 0 radical (unpaired) electrons. The minimum absolute atomic E-state index is 0.00508. The number of ether oxygens (including phenoxy) is 1. The summed E-state index contributed by atoms with van der Waals surface area (Å²) in [4.78, 5) is 35.5. The molecule has 8 heteroatoms. The number of amides is 1. The molecule has 0 saturated heterocycles. The Bertz CT molecular complexity index is 870. The monoisotopic (exact) mass is 399 g/mol. The molecular weight excluding hydrogens is 374 g/mol. The molecule has 1 amide bonds. The topological polar surface area (TPSA) is 111 Å². The summed E-state index contributed by atoms with van der Waals surface area (Å²) in [7, 11) is 1.59. The average Bonchev–Trinajstić information content (AvgIpc) is 2.73. The summed E-state index contributed by atoms with van der Waals surface area (Å²) in [6.07, 6.45) is 0.549. The summed E-state index contributed by atoms with van der Waals surface area (Å²) in [5.74, 6) is -1.25. The van der Waals surface area contributed by atoms with Crippen LogP contribution in [0.15, 0.2) is 48.5 Å². The number of benzene rings is 2. The van der Waals surface area contributed by atoms with Crippen molar-refractivity contribution < 1.29 is 19.2 Å². The van der Waals surface area contributed by atoms with Gasteiger partial charge in [-0.2, -0.15) is 0 Å². The number of nitrogens with zero attached hydrogens (tertiary/aromatic N) is 1. The van der Waals surface area contributed by atoms with E-state index in [9.17, 15) is 19.7 Å². The molecule has 2 aromatic rings. The van der Waals surface area contributed by atoms with E-state index in [1.165, 1.54) is 19.1 Å². The van der Waals surface area contributed by atoms with E-state index in [1.807, 2.05) is 37.3 Å². The van der Waals surface area contributed by atoms with E-state index in [1.54, 1.807) is 7.05 Å². The Morgan fingerprint density at radius 3 is 2.45 bits per heavy atom. The van der Waals surface area contributed by atoms with Crippen molar-refractivity contribution in [1.29, 1.82) is 0 Å². The van der Waals surface area contributed by atoms with Gasteiger partial charge in [0.2, 0.25) is 0 Å². The normalized spacial score (nSPS) is 12.5. The van der Waals surface area contributed by atoms with Gasteiger partial charge in [-0.3, -0.25) is 14.9 Å². The summed E-state index contributed by atoms with van der Waals surface area (Å²) in [6, 6.07) is 13.2. The first-order valence-electron chi connectivity index (χ1n) is 9.39. The molecule has 0 aromatic heterocycles. The molecule has 8 nitrogen and oxygen atoms in total. The zero-order valence-electron chi connectivity index (χ0n) is 16.7. The number of nitro benzene ring substituents is 1. The van der Waals surface area contributed by atoms with Crippen molar-refractivity contribution in [1.82, 2.24) is 5.32 Å². The highest BCUT2D eigenvalue weighted by atomic mass is 16.6. The van der Waals surface area contributed by atoms with Gasteiger partial charge in [0.1, 0.15) is 0 Å². The van der Waals surface area contributed by atoms with Gasteiger partial charge in [-0.15, -0.1) is 0 Å². The van der Waals surface area contributed by atoms with Crippen LogP contribution in [-0.2, 0) is 9.53 Å². The Balaban J connectivity index is 2.11. The van der Waals surface area contributed by atoms with Crippen molar-refractivity contribution in [2.75, 3.05) is 12.4 Å². The number of nitrogens with one attached hydrogen (secondary N) is 2. The second-order valence-electron chi connectivity index (χ2n) is 6.55. The number of carbonyl (C=O) groups excluding carboxylic acids is 2. The Labute approximate surface area is 169 Å². The summed E-state index contributed by atoms with van der Waals surface area (Å²) in [5, 5.41) is 16.7. The number of nitro groups is 1. The van der Waals surface area contributed by atoms with Gasteiger partial charge >= 0.3 is 5.97 Å². The minimum atomic E-state index is -1.06. The number of esters is 1. The molecule has 0 aliphatic carbocycles. The van der Waals surface area contributed by atoms with Gasteiger partial charge in [-0.1, -0.05) is 43.7 Å². The van der Waals surface area contributed by atoms with Crippen LogP contribution in [0.2, 0.25) is 0 Å². The molecule has 2 unspecified atom stereocenters. The van der Waals surface area contributed by atoms with Crippen LogP contribution in [0.25, 0.3) is 0 Å². The Kier molecular flexibility index (Phi) is 7.70. The maximum Gasteiger partial charge on any atom is 0.341 e. The number of hydrogen-bond donors (Lipinski definition) is 2. The van der Waals surface area contributed by atoms with Crippen molar-refractivity contribution in [2.45, 2.75) is 38.8 Å². The lowest BCUT2D eigenvalue weighted by molar-refractivity contribution is -0.384. The molecule has 0 heterocycles. The standard InChI is InChI=1S/C21H25N3O5/c1-4-8-18(15-9-6-5-7-10-15)23-20(25)14(2)29-21(26)17-13-16(24(27)28)11-12-19(17)22-3/h5-7,9-14,18,22H,4,8H2,1-3H3,(H,23,25). The van der Waals surface area contributed by atoms with Gasteiger partial charge in [0, 0.05) is 24.9 Å². The third kappa shape index (κ3) is 5.78. The predicted molar refractivity (Wildman–Crippen MR) is 110 cm³/mol. The third-order valence-electron chi connectivity index (χ3n) is 4.45.